The van der Waals surface area contributed by atoms with Crippen molar-refractivity contribution in [1.29, 1.82) is 0 Å². The Morgan fingerprint density at radius 1 is 1.09 bits per heavy atom. The molecular formula is C26H22ClN3O3. The van der Waals surface area contributed by atoms with Gasteiger partial charge in [-0.05, 0) is 54.4 Å². The van der Waals surface area contributed by atoms with Crippen LogP contribution in [0.15, 0.2) is 77.3 Å². The zero-order chi connectivity index (χ0) is 22.8. The lowest BCUT2D eigenvalue weighted by atomic mass is 10.1. The highest BCUT2D eigenvalue weighted by Gasteiger charge is 2.35. The van der Waals surface area contributed by atoms with E-state index in [4.69, 9.17) is 20.9 Å². The molecule has 5 rings (SSSR count). The van der Waals surface area contributed by atoms with Gasteiger partial charge >= 0.3 is 0 Å². The van der Waals surface area contributed by atoms with Crippen LogP contribution < -0.4 is 9.64 Å². The molecule has 4 aromatic rings. The van der Waals surface area contributed by atoms with Gasteiger partial charge in [0.15, 0.2) is 0 Å². The summed E-state index contributed by atoms with van der Waals surface area (Å²) in [5.41, 5.74) is 3.75. The van der Waals surface area contributed by atoms with Crippen molar-refractivity contribution in [2.24, 2.45) is 0 Å². The predicted octanol–water partition coefficient (Wildman–Crippen LogP) is 5.80. The average Bonchev–Trinajstić information content (AvgIpc) is 3.47. The van der Waals surface area contributed by atoms with Crippen LogP contribution in [0.5, 0.6) is 5.75 Å². The van der Waals surface area contributed by atoms with E-state index in [1.165, 1.54) is 0 Å². The zero-order valence-corrected chi connectivity index (χ0v) is 18.8. The van der Waals surface area contributed by atoms with Crippen molar-refractivity contribution in [3.05, 3.63) is 94.8 Å². The summed E-state index contributed by atoms with van der Waals surface area (Å²) < 4.78 is 11.4. The lowest BCUT2D eigenvalue weighted by Crippen LogP contribution is -2.25. The smallest absolute Gasteiger partial charge is 0.232 e. The van der Waals surface area contributed by atoms with Crippen LogP contribution in [0.4, 0.5) is 5.69 Å². The highest BCUT2D eigenvalue weighted by Crippen LogP contribution is 2.34. The van der Waals surface area contributed by atoms with Crippen LogP contribution in [0.25, 0.3) is 11.4 Å². The number of halogens is 1. The molecule has 0 saturated carbocycles. The van der Waals surface area contributed by atoms with Crippen molar-refractivity contribution in [2.75, 3.05) is 11.4 Å². The molecule has 1 unspecified atom stereocenters. The van der Waals surface area contributed by atoms with Gasteiger partial charge in [0.25, 0.3) is 0 Å². The predicted molar refractivity (Wildman–Crippen MR) is 126 cm³/mol. The van der Waals surface area contributed by atoms with Gasteiger partial charge in [-0.1, -0.05) is 53.2 Å². The summed E-state index contributed by atoms with van der Waals surface area (Å²) in [5.74, 6) is 1.57. The van der Waals surface area contributed by atoms with Gasteiger partial charge in [-0.15, -0.1) is 0 Å². The number of ether oxygens (including phenoxy) is 1. The number of carbonyl (C=O) groups excluding carboxylic acids is 1. The normalized spacial score (nSPS) is 15.8. The molecule has 0 spiro atoms. The van der Waals surface area contributed by atoms with Crippen molar-refractivity contribution in [3.63, 3.8) is 0 Å². The molecule has 7 heteroatoms. The molecule has 1 atom stereocenters. The van der Waals surface area contributed by atoms with Crippen molar-refractivity contribution in [3.8, 4) is 17.1 Å². The molecule has 1 aromatic heterocycles. The van der Waals surface area contributed by atoms with Gasteiger partial charge in [0.05, 0.1) is 5.92 Å². The minimum absolute atomic E-state index is 0.0186. The Balaban J connectivity index is 1.26. The molecule has 3 aromatic carbocycles. The number of nitrogens with zero attached hydrogens (tertiary/aromatic N) is 3. The van der Waals surface area contributed by atoms with Crippen LogP contribution in [0.3, 0.4) is 0 Å². The lowest BCUT2D eigenvalue weighted by Gasteiger charge is -2.18. The number of amides is 1. The van der Waals surface area contributed by atoms with Crippen molar-refractivity contribution in [1.82, 2.24) is 10.1 Å². The second kappa shape index (κ2) is 9.08. The third-order valence-electron chi connectivity index (χ3n) is 5.74. The van der Waals surface area contributed by atoms with Crippen LogP contribution >= 0.6 is 11.6 Å². The molecule has 1 saturated heterocycles. The van der Waals surface area contributed by atoms with E-state index in [-0.39, 0.29) is 11.8 Å². The van der Waals surface area contributed by atoms with Crippen LogP contribution in [0.2, 0.25) is 5.02 Å². The molecule has 0 aliphatic carbocycles. The lowest BCUT2D eigenvalue weighted by molar-refractivity contribution is -0.117. The van der Waals surface area contributed by atoms with E-state index in [9.17, 15) is 4.79 Å². The Labute approximate surface area is 196 Å². The third kappa shape index (κ3) is 4.61. The topological polar surface area (TPSA) is 68.5 Å². The molecule has 33 heavy (non-hydrogen) atoms. The maximum absolute atomic E-state index is 12.7. The quantitative estimate of drug-likeness (QED) is 0.364. The molecule has 166 valence electrons. The molecule has 1 aliphatic rings. The first kappa shape index (κ1) is 21.2. The second-order valence-electron chi connectivity index (χ2n) is 8.09. The first-order valence-corrected chi connectivity index (χ1v) is 11.1. The van der Waals surface area contributed by atoms with Crippen LogP contribution in [-0.4, -0.2) is 22.6 Å². The molecule has 0 radical (unpaired) electrons. The molecule has 2 heterocycles. The van der Waals surface area contributed by atoms with Gasteiger partial charge in [-0.3, -0.25) is 4.79 Å². The second-order valence-corrected chi connectivity index (χ2v) is 8.53. The van der Waals surface area contributed by atoms with Gasteiger partial charge in [-0.2, -0.15) is 4.98 Å². The highest BCUT2D eigenvalue weighted by atomic mass is 35.5. The molecule has 6 nitrogen and oxygen atoms in total. The SMILES string of the molecule is Cc1ccc(Cl)cc1N1CC(c2nc(-c3ccc(OCc4ccccc4)cc3)no2)CC1=O. The fourth-order valence-corrected chi connectivity index (χ4v) is 4.10. The minimum Gasteiger partial charge on any atom is -0.489 e. The summed E-state index contributed by atoms with van der Waals surface area (Å²) >= 11 is 6.14. The summed E-state index contributed by atoms with van der Waals surface area (Å²) in [6, 6.07) is 23.1. The van der Waals surface area contributed by atoms with Gasteiger partial charge in [-0.25, -0.2) is 0 Å². The number of benzene rings is 3. The monoisotopic (exact) mass is 459 g/mol. The van der Waals surface area contributed by atoms with Crippen molar-refractivity contribution in [2.45, 2.75) is 25.9 Å². The largest absolute Gasteiger partial charge is 0.489 e. The molecular weight excluding hydrogens is 438 g/mol. The number of aromatic nitrogens is 2. The average molecular weight is 460 g/mol. The first-order chi connectivity index (χ1) is 16.1. The van der Waals surface area contributed by atoms with Gasteiger partial charge in [0.1, 0.15) is 12.4 Å². The summed E-state index contributed by atoms with van der Waals surface area (Å²) in [5, 5.41) is 4.73. The molecule has 0 bridgehead atoms. The maximum atomic E-state index is 12.7. The Morgan fingerprint density at radius 3 is 2.67 bits per heavy atom. The van der Waals surface area contributed by atoms with E-state index < -0.39 is 0 Å². The number of anilines is 1. The maximum Gasteiger partial charge on any atom is 0.232 e. The van der Waals surface area contributed by atoms with E-state index in [0.29, 0.717) is 36.3 Å². The Kier molecular flexibility index (Phi) is 5.84. The van der Waals surface area contributed by atoms with Crippen LogP contribution in [0, 0.1) is 6.92 Å². The van der Waals surface area contributed by atoms with Crippen molar-refractivity contribution < 1.29 is 14.1 Å². The van der Waals surface area contributed by atoms with Gasteiger partial charge < -0.3 is 14.2 Å². The van der Waals surface area contributed by atoms with Crippen molar-refractivity contribution >= 4 is 23.2 Å². The van der Waals surface area contributed by atoms with Gasteiger partial charge in [0.2, 0.25) is 17.6 Å². The standard InChI is InChI=1S/C26H22ClN3O3/c1-17-7-10-21(27)14-23(17)30-15-20(13-24(30)31)26-28-25(29-33-26)19-8-11-22(12-9-19)32-16-18-5-3-2-4-6-18/h2-12,14,20H,13,15-16H2,1H3. The van der Waals surface area contributed by atoms with E-state index in [1.807, 2.05) is 79.7 Å². The van der Waals surface area contributed by atoms with E-state index in [0.717, 1.165) is 28.1 Å². The van der Waals surface area contributed by atoms with Crippen LogP contribution in [0.1, 0.15) is 29.4 Å². The number of carbonyl (C=O) groups is 1. The Hall–Kier alpha value is -3.64. The number of hydrogen-bond donors (Lipinski definition) is 0. The number of aryl methyl sites for hydroxylation is 1. The summed E-state index contributed by atoms with van der Waals surface area (Å²) in [6.07, 6.45) is 0.319. The molecule has 1 fully saturated rings. The van der Waals surface area contributed by atoms with E-state index in [2.05, 4.69) is 10.1 Å². The summed E-state index contributed by atoms with van der Waals surface area (Å²) in [7, 11) is 0. The van der Waals surface area contributed by atoms with E-state index in [1.54, 1.807) is 4.90 Å². The molecule has 1 aliphatic heterocycles. The number of rotatable bonds is 6. The molecule has 0 N–H and O–H groups in total. The summed E-state index contributed by atoms with van der Waals surface area (Å²) in [6.45, 7) is 2.95. The Morgan fingerprint density at radius 2 is 1.88 bits per heavy atom. The van der Waals surface area contributed by atoms with Crippen LogP contribution in [-0.2, 0) is 11.4 Å². The summed E-state index contributed by atoms with van der Waals surface area (Å²) in [4.78, 5) is 19.0. The highest BCUT2D eigenvalue weighted by molar-refractivity contribution is 6.31. The fourth-order valence-electron chi connectivity index (χ4n) is 3.94. The third-order valence-corrected chi connectivity index (χ3v) is 5.97. The minimum atomic E-state index is -0.161. The Bertz CT molecular complexity index is 1270. The fraction of sp³-hybridized carbons (Fsp3) is 0.192. The van der Waals surface area contributed by atoms with E-state index >= 15 is 0 Å². The van der Waals surface area contributed by atoms with Gasteiger partial charge in [0, 0.05) is 29.2 Å². The first-order valence-electron chi connectivity index (χ1n) is 10.7. The molecule has 1 amide bonds. The zero-order valence-electron chi connectivity index (χ0n) is 18.1. The number of hydrogen-bond acceptors (Lipinski definition) is 5.